The summed E-state index contributed by atoms with van der Waals surface area (Å²) in [5.41, 5.74) is 5.34. The van der Waals surface area contributed by atoms with Crippen LogP contribution in [0, 0.1) is 19.3 Å². The molecule has 0 saturated carbocycles. The predicted octanol–water partition coefficient (Wildman–Crippen LogP) is 3.80. The molecule has 0 aromatic heterocycles. The molecule has 0 spiro atoms. The number of aryl methyl sites for hydroxylation is 1. The Labute approximate surface area is 120 Å². The van der Waals surface area contributed by atoms with Crippen LogP contribution in [0.15, 0.2) is 36.4 Å². The summed E-state index contributed by atoms with van der Waals surface area (Å²) in [6, 6.07) is 12.1. The maximum absolute atomic E-state index is 5.51. The fourth-order valence-electron chi connectivity index (χ4n) is 2.28. The molecular weight excluding hydrogens is 248 g/mol. The van der Waals surface area contributed by atoms with Gasteiger partial charge in [0, 0.05) is 12.7 Å². The summed E-state index contributed by atoms with van der Waals surface area (Å²) in [6.45, 7) is 2.58. The van der Waals surface area contributed by atoms with E-state index in [2.05, 4.69) is 12.0 Å². The lowest BCUT2D eigenvalue weighted by Gasteiger charge is -2.12. The summed E-state index contributed by atoms with van der Waals surface area (Å²) >= 11 is 0. The molecule has 2 aromatic carbocycles. The second-order valence-corrected chi connectivity index (χ2v) is 4.69. The highest BCUT2D eigenvalue weighted by atomic mass is 16.5. The SMILES string of the molecule is C#Cc1cc(C)cc(-c2ccc(OC)cc2COC)c1. The fraction of sp³-hybridized carbons (Fsp3) is 0.222. The van der Waals surface area contributed by atoms with Gasteiger partial charge in [0.05, 0.1) is 13.7 Å². The lowest BCUT2D eigenvalue weighted by molar-refractivity contribution is 0.185. The van der Waals surface area contributed by atoms with Crippen LogP contribution in [0.4, 0.5) is 0 Å². The van der Waals surface area contributed by atoms with Crippen LogP contribution >= 0.6 is 0 Å². The third-order valence-electron chi connectivity index (χ3n) is 3.17. The number of benzene rings is 2. The van der Waals surface area contributed by atoms with E-state index in [4.69, 9.17) is 15.9 Å². The topological polar surface area (TPSA) is 18.5 Å². The first-order valence-corrected chi connectivity index (χ1v) is 6.42. The molecule has 0 saturated heterocycles. The highest BCUT2D eigenvalue weighted by Gasteiger charge is 2.08. The minimum atomic E-state index is 0.534. The Hall–Kier alpha value is -2.24. The minimum absolute atomic E-state index is 0.534. The van der Waals surface area contributed by atoms with E-state index in [0.29, 0.717) is 6.61 Å². The van der Waals surface area contributed by atoms with Crippen LogP contribution < -0.4 is 4.74 Å². The molecule has 20 heavy (non-hydrogen) atoms. The van der Waals surface area contributed by atoms with Crippen molar-refractivity contribution in [2.24, 2.45) is 0 Å². The highest BCUT2D eigenvalue weighted by Crippen LogP contribution is 2.29. The number of hydrogen-bond acceptors (Lipinski definition) is 2. The second-order valence-electron chi connectivity index (χ2n) is 4.69. The quantitative estimate of drug-likeness (QED) is 0.784. The van der Waals surface area contributed by atoms with Crippen LogP contribution in [0.3, 0.4) is 0 Å². The van der Waals surface area contributed by atoms with Gasteiger partial charge in [0.15, 0.2) is 0 Å². The Kier molecular flexibility index (Phi) is 4.45. The highest BCUT2D eigenvalue weighted by molar-refractivity contribution is 5.70. The molecule has 2 nitrogen and oxygen atoms in total. The fourth-order valence-corrected chi connectivity index (χ4v) is 2.28. The summed E-state index contributed by atoms with van der Waals surface area (Å²) in [5.74, 6) is 3.52. The van der Waals surface area contributed by atoms with Gasteiger partial charge in [0.1, 0.15) is 5.75 Å². The normalized spacial score (nSPS) is 10.1. The van der Waals surface area contributed by atoms with Gasteiger partial charge in [0.2, 0.25) is 0 Å². The standard InChI is InChI=1S/C18H18O2/c1-5-14-8-13(2)9-15(10-14)18-7-6-17(20-4)11-16(18)12-19-3/h1,6-11H,12H2,2-4H3. The van der Waals surface area contributed by atoms with E-state index < -0.39 is 0 Å². The van der Waals surface area contributed by atoms with Crippen molar-refractivity contribution in [2.45, 2.75) is 13.5 Å². The molecule has 0 fully saturated rings. The Morgan fingerprint density at radius 3 is 2.55 bits per heavy atom. The van der Waals surface area contributed by atoms with Gasteiger partial charge in [-0.15, -0.1) is 6.42 Å². The van der Waals surface area contributed by atoms with Crippen molar-refractivity contribution >= 4 is 0 Å². The van der Waals surface area contributed by atoms with Gasteiger partial charge in [-0.1, -0.05) is 18.1 Å². The number of hydrogen-bond donors (Lipinski definition) is 0. The van der Waals surface area contributed by atoms with Crippen molar-refractivity contribution in [1.82, 2.24) is 0 Å². The maximum Gasteiger partial charge on any atom is 0.119 e. The van der Waals surface area contributed by atoms with Crippen LogP contribution in [0.25, 0.3) is 11.1 Å². The van der Waals surface area contributed by atoms with Gasteiger partial charge in [-0.05, 0) is 53.4 Å². The first-order valence-electron chi connectivity index (χ1n) is 6.42. The van der Waals surface area contributed by atoms with Crippen molar-refractivity contribution < 1.29 is 9.47 Å². The molecule has 0 aliphatic rings. The molecule has 0 heterocycles. The average Bonchev–Trinajstić information content (AvgIpc) is 2.46. The lowest BCUT2D eigenvalue weighted by atomic mass is 9.96. The minimum Gasteiger partial charge on any atom is -0.497 e. The largest absolute Gasteiger partial charge is 0.497 e. The molecule has 2 heteroatoms. The second kappa shape index (κ2) is 6.27. The molecule has 0 radical (unpaired) electrons. The zero-order valence-electron chi connectivity index (χ0n) is 12.1. The molecule has 0 atom stereocenters. The van der Waals surface area contributed by atoms with Gasteiger partial charge in [-0.2, -0.15) is 0 Å². The summed E-state index contributed by atoms with van der Waals surface area (Å²) in [5, 5.41) is 0. The lowest BCUT2D eigenvalue weighted by Crippen LogP contribution is -1.95. The van der Waals surface area contributed by atoms with Gasteiger partial charge in [0.25, 0.3) is 0 Å². The number of methoxy groups -OCH3 is 2. The van der Waals surface area contributed by atoms with Crippen molar-refractivity contribution in [3.05, 3.63) is 53.1 Å². The zero-order valence-corrected chi connectivity index (χ0v) is 12.1. The van der Waals surface area contributed by atoms with E-state index in [9.17, 15) is 0 Å². The van der Waals surface area contributed by atoms with Crippen LogP contribution in [0.2, 0.25) is 0 Å². The van der Waals surface area contributed by atoms with Crippen LogP contribution in [0.1, 0.15) is 16.7 Å². The Bertz CT molecular complexity index is 651. The van der Waals surface area contributed by atoms with Gasteiger partial charge in [-0.3, -0.25) is 0 Å². The maximum atomic E-state index is 5.51. The first kappa shape index (κ1) is 14.2. The molecule has 0 amide bonds. The first-order chi connectivity index (χ1) is 9.67. The molecule has 2 rings (SSSR count). The molecule has 0 aliphatic heterocycles. The van der Waals surface area contributed by atoms with Crippen LogP contribution in [-0.2, 0) is 11.3 Å². The Morgan fingerprint density at radius 2 is 1.90 bits per heavy atom. The molecule has 0 bridgehead atoms. The molecule has 0 N–H and O–H groups in total. The number of rotatable bonds is 4. The van der Waals surface area contributed by atoms with E-state index in [1.165, 1.54) is 0 Å². The molecule has 0 unspecified atom stereocenters. The average molecular weight is 266 g/mol. The molecule has 0 aliphatic carbocycles. The van der Waals surface area contributed by atoms with E-state index in [-0.39, 0.29) is 0 Å². The van der Waals surface area contributed by atoms with Crippen molar-refractivity contribution in [3.8, 4) is 29.2 Å². The number of ether oxygens (including phenoxy) is 2. The summed E-state index contributed by atoms with van der Waals surface area (Å²) in [4.78, 5) is 0. The van der Waals surface area contributed by atoms with Gasteiger partial charge >= 0.3 is 0 Å². The summed E-state index contributed by atoms with van der Waals surface area (Å²) in [6.07, 6.45) is 5.51. The predicted molar refractivity (Wildman–Crippen MR) is 81.8 cm³/mol. The summed E-state index contributed by atoms with van der Waals surface area (Å²) < 4.78 is 10.6. The van der Waals surface area contributed by atoms with E-state index in [1.54, 1.807) is 14.2 Å². The van der Waals surface area contributed by atoms with E-state index in [0.717, 1.165) is 33.6 Å². The van der Waals surface area contributed by atoms with Gasteiger partial charge in [-0.25, -0.2) is 0 Å². The Balaban J connectivity index is 2.56. The Morgan fingerprint density at radius 1 is 1.10 bits per heavy atom. The van der Waals surface area contributed by atoms with Crippen molar-refractivity contribution in [2.75, 3.05) is 14.2 Å². The smallest absolute Gasteiger partial charge is 0.119 e. The van der Waals surface area contributed by atoms with E-state index >= 15 is 0 Å². The van der Waals surface area contributed by atoms with Crippen LogP contribution in [0.5, 0.6) is 5.75 Å². The monoisotopic (exact) mass is 266 g/mol. The third kappa shape index (κ3) is 3.01. The van der Waals surface area contributed by atoms with E-state index in [1.807, 2.05) is 37.3 Å². The molecular formula is C18H18O2. The van der Waals surface area contributed by atoms with Crippen molar-refractivity contribution in [1.29, 1.82) is 0 Å². The zero-order chi connectivity index (χ0) is 14.5. The number of terminal acetylenes is 1. The third-order valence-corrected chi connectivity index (χ3v) is 3.17. The van der Waals surface area contributed by atoms with Crippen molar-refractivity contribution in [3.63, 3.8) is 0 Å². The molecule has 2 aromatic rings. The molecule has 102 valence electrons. The van der Waals surface area contributed by atoms with Gasteiger partial charge < -0.3 is 9.47 Å². The summed E-state index contributed by atoms with van der Waals surface area (Å²) in [7, 11) is 3.35. The van der Waals surface area contributed by atoms with Crippen LogP contribution in [-0.4, -0.2) is 14.2 Å².